The van der Waals surface area contributed by atoms with Crippen molar-refractivity contribution in [2.45, 2.75) is 19.4 Å². The number of carboxylic acid groups (broad SMARTS) is 1. The Kier molecular flexibility index (Phi) is 5.01. The van der Waals surface area contributed by atoms with Gasteiger partial charge in [-0.25, -0.2) is 4.98 Å². The first kappa shape index (κ1) is 17.6. The summed E-state index contributed by atoms with van der Waals surface area (Å²) in [5.41, 5.74) is -0.589. The van der Waals surface area contributed by atoms with Gasteiger partial charge in [0.05, 0.1) is 12.2 Å². The zero-order chi connectivity index (χ0) is 17.9. The van der Waals surface area contributed by atoms with E-state index in [1.54, 1.807) is 19.2 Å². The molecule has 2 rings (SSSR count). The summed E-state index contributed by atoms with van der Waals surface area (Å²) in [6, 6.07) is 0. The number of aromatic nitrogens is 2. The molecule has 2 heterocycles. The lowest BCUT2D eigenvalue weighted by Crippen LogP contribution is -2.39. The van der Waals surface area contributed by atoms with E-state index in [1.807, 2.05) is 0 Å². The van der Waals surface area contributed by atoms with Gasteiger partial charge in [0.15, 0.2) is 5.82 Å². The van der Waals surface area contributed by atoms with Crippen LogP contribution in [0, 0.1) is 6.92 Å². The van der Waals surface area contributed by atoms with Gasteiger partial charge < -0.3 is 15.3 Å². The Balaban J connectivity index is 2.20. The SMILES string of the molecule is Cc1cnc(NCC(F)(F)C2=CC=CCN2C)c(=O)n1CC(=O)O. The Hall–Kier alpha value is -2.71. The monoisotopic (exact) mass is 340 g/mol. The van der Waals surface area contributed by atoms with Crippen molar-refractivity contribution in [2.24, 2.45) is 0 Å². The normalized spacial score (nSPS) is 14.5. The van der Waals surface area contributed by atoms with Gasteiger partial charge in [-0.2, -0.15) is 8.78 Å². The number of aryl methyl sites for hydroxylation is 1. The van der Waals surface area contributed by atoms with Gasteiger partial charge in [-0.1, -0.05) is 12.2 Å². The minimum atomic E-state index is -3.21. The minimum Gasteiger partial charge on any atom is -0.480 e. The van der Waals surface area contributed by atoms with Crippen LogP contribution in [0.5, 0.6) is 0 Å². The summed E-state index contributed by atoms with van der Waals surface area (Å²) in [7, 11) is 1.55. The standard InChI is InChI=1S/C15H18F2N4O3/c1-10-7-18-13(14(24)21(10)8-12(22)23)19-9-15(16,17)11-5-3-4-6-20(11)2/h3-5,7H,6,8-9H2,1-2H3,(H,18,19)(H,22,23). The van der Waals surface area contributed by atoms with E-state index in [4.69, 9.17) is 5.11 Å². The molecule has 9 heteroatoms. The van der Waals surface area contributed by atoms with Gasteiger partial charge >= 0.3 is 11.9 Å². The molecule has 1 aromatic heterocycles. The van der Waals surface area contributed by atoms with E-state index < -0.39 is 30.5 Å². The van der Waals surface area contributed by atoms with Crippen molar-refractivity contribution in [3.05, 3.63) is 46.2 Å². The lowest BCUT2D eigenvalue weighted by atomic mass is 10.1. The van der Waals surface area contributed by atoms with E-state index in [0.717, 1.165) is 4.57 Å². The van der Waals surface area contributed by atoms with Crippen LogP contribution in [0.2, 0.25) is 0 Å². The highest BCUT2D eigenvalue weighted by molar-refractivity contribution is 5.66. The molecule has 0 saturated heterocycles. The summed E-state index contributed by atoms with van der Waals surface area (Å²) in [4.78, 5) is 28.2. The molecular weight excluding hydrogens is 322 g/mol. The van der Waals surface area contributed by atoms with E-state index in [2.05, 4.69) is 10.3 Å². The number of alkyl halides is 2. The Bertz CT molecular complexity index is 756. The van der Waals surface area contributed by atoms with E-state index in [-0.39, 0.29) is 11.5 Å². The molecule has 0 saturated carbocycles. The van der Waals surface area contributed by atoms with E-state index >= 15 is 0 Å². The molecule has 0 fully saturated rings. The van der Waals surface area contributed by atoms with Gasteiger partial charge in [-0.15, -0.1) is 0 Å². The number of carbonyl (C=O) groups is 1. The predicted octanol–water partition coefficient (Wildman–Crippen LogP) is 1.07. The third-order valence-electron chi connectivity index (χ3n) is 3.58. The average Bonchev–Trinajstić information content (AvgIpc) is 2.50. The smallest absolute Gasteiger partial charge is 0.323 e. The number of allylic oxidation sites excluding steroid dienone is 2. The third kappa shape index (κ3) is 3.79. The number of hydrogen-bond acceptors (Lipinski definition) is 5. The number of carboxylic acids is 1. The van der Waals surface area contributed by atoms with Gasteiger partial charge in [-0.05, 0) is 13.0 Å². The van der Waals surface area contributed by atoms with Crippen molar-refractivity contribution in [1.82, 2.24) is 14.5 Å². The Morgan fingerprint density at radius 3 is 2.83 bits per heavy atom. The maximum absolute atomic E-state index is 14.3. The lowest BCUT2D eigenvalue weighted by Gasteiger charge is -2.30. The fraction of sp³-hybridized carbons (Fsp3) is 0.400. The molecule has 2 N–H and O–H groups in total. The van der Waals surface area contributed by atoms with Crippen LogP contribution in [0.3, 0.4) is 0 Å². The molecule has 0 aliphatic carbocycles. The highest BCUT2D eigenvalue weighted by Gasteiger charge is 2.37. The third-order valence-corrected chi connectivity index (χ3v) is 3.58. The predicted molar refractivity (Wildman–Crippen MR) is 84.2 cm³/mol. The summed E-state index contributed by atoms with van der Waals surface area (Å²) in [5, 5.41) is 11.2. The number of anilines is 1. The molecule has 1 aliphatic heterocycles. The van der Waals surface area contributed by atoms with Crippen molar-refractivity contribution in [3.8, 4) is 0 Å². The van der Waals surface area contributed by atoms with E-state index in [1.165, 1.54) is 24.1 Å². The number of hydrogen-bond donors (Lipinski definition) is 2. The summed E-state index contributed by atoms with van der Waals surface area (Å²) in [6.45, 7) is 0.506. The molecule has 0 atom stereocenters. The van der Waals surface area contributed by atoms with Gasteiger partial charge in [-0.3, -0.25) is 14.2 Å². The molecule has 7 nitrogen and oxygen atoms in total. The second-order valence-electron chi connectivity index (χ2n) is 5.45. The van der Waals surface area contributed by atoms with Crippen LogP contribution in [0.4, 0.5) is 14.6 Å². The maximum Gasteiger partial charge on any atom is 0.323 e. The number of nitrogens with one attached hydrogen (secondary N) is 1. The first-order valence-electron chi connectivity index (χ1n) is 7.21. The summed E-state index contributed by atoms with van der Waals surface area (Å²) >= 11 is 0. The van der Waals surface area contributed by atoms with Crippen LogP contribution in [0.25, 0.3) is 0 Å². The van der Waals surface area contributed by atoms with Crippen LogP contribution in [-0.2, 0) is 11.3 Å². The van der Waals surface area contributed by atoms with Gasteiger partial charge in [0.2, 0.25) is 0 Å². The Morgan fingerprint density at radius 2 is 2.21 bits per heavy atom. The quantitative estimate of drug-likeness (QED) is 0.805. The second kappa shape index (κ2) is 6.81. The summed E-state index contributed by atoms with van der Waals surface area (Å²) in [5.74, 6) is -4.73. The Morgan fingerprint density at radius 1 is 1.50 bits per heavy atom. The molecule has 0 aromatic carbocycles. The van der Waals surface area contributed by atoms with Crippen molar-refractivity contribution in [1.29, 1.82) is 0 Å². The average molecular weight is 340 g/mol. The van der Waals surface area contributed by atoms with Crippen LogP contribution in [0.15, 0.2) is 34.9 Å². The van der Waals surface area contributed by atoms with Crippen LogP contribution in [-0.4, -0.2) is 51.6 Å². The number of nitrogens with zero attached hydrogens (tertiary/aromatic N) is 3. The fourth-order valence-corrected chi connectivity index (χ4v) is 2.31. The van der Waals surface area contributed by atoms with Crippen molar-refractivity contribution >= 4 is 11.8 Å². The van der Waals surface area contributed by atoms with Gasteiger partial charge in [0.1, 0.15) is 6.54 Å². The summed E-state index contributed by atoms with van der Waals surface area (Å²) in [6.07, 6.45) is 5.88. The van der Waals surface area contributed by atoms with Crippen LogP contribution < -0.4 is 10.9 Å². The van der Waals surface area contributed by atoms with Gasteiger partial charge in [0, 0.05) is 25.5 Å². The minimum absolute atomic E-state index is 0.171. The number of rotatable bonds is 6. The molecule has 24 heavy (non-hydrogen) atoms. The van der Waals surface area contributed by atoms with Crippen molar-refractivity contribution in [3.63, 3.8) is 0 Å². The zero-order valence-corrected chi connectivity index (χ0v) is 13.3. The highest BCUT2D eigenvalue weighted by atomic mass is 19.3. The molecule has 0 bridgehead atoms. The zero-order valence-electron chi connectivity index (χ0n) is 13.3. The Labute approximate surface area is 136 Å². The lowest BCUT2D eigenvalue weighted by molar-refractivity contribution is -0.137. The first-order chi connectivity index (χ1) is 11.2. The molecule has 1 aliphatic rings. The second-order valence-corrected chi connectivity index (χ2v) is 5.45. The highest BCUT2D eigenvalue weighted by Crippen LogP contribution is 2.28. The maximum atomic E-state index is 14.3. The van der Waals surface area contributed by atoms with E-state index in [9.17, 15) is 18.4 Å². The van der Waals surface area contributed by atoms with E-state index in [0.29, 0.717) is 12.2 Å². The molecule has 130 valence electrons. The fourth-order valence-electron chi connectivity index (χ4n) is 2.31. The van der Waals surface area contributed by atoms with Crippen LogP contribution in [0.1, 0.15) is 5.69 Å². The van der Waals surface area contributed by atoms with Crippen molar-refractivity contribution in [2.75, 3.05) is 25.5 Å². The summed E-state index contributed by atoms with van der Waals surface area (Å²) < 4.78 is 29.6. The van der Waals surface area contributed by atoms with Crippen molar-refractivity contribution < 1.29 is 18.7 Å². The molecule has 0 unspecified atom stereocenters. The molecular formula is C15H18F2N4O3. The topological polar surface area (TPSA) is 87.5 Å². The number of likely N-dealkylation sites (N-methyl/N-ethyl adjacent to an activating group) is 1. The molecule has 0 amide bonds. The van der Waals surface area contributed by atoms with Crippen LogP contribution >= 0.6 is 0 Å². The van der Waals surface area contributed by atoms with Gasteiger partial charge in [0.25, 0.3) is 5.56 Å². The molecule has 1 aromatic rings. The number of aliphatic carboxylic acids is 1. The first-order valence-corrected chi connectivity index (χ1v) is 7.21. The number of halogens is 2. The molecule has 0 spiro atoms. The molecule has 0 radical (unpaired) electrons. The largest absolute Gasteiger partial charge is 0.480 e.